The van der Waals surface area contributed by atoms with Crippen LogP contribution in [0.1, 0.15) is 25.5 Å². The first kappa shape index (κ1) is 16.5. The normalized spacial score (nSPS) is 15.0. The highest BCUT2D eigenvalue weighted by molar-refractivity contribution is 9.10. The minimum absolute atomic E-state index is 0.286. The van der Waals surface area contributed by atoms with E-state index in [-0.39, 0.29) is 6.04 Å². The van der Waals surface area contributed by atoms with Crippen LogP contribution in [0, 0.1) is 0 Å². The molecule has 4 N–H and O–H groups in total. The number of hydrogen-bond acceptors (Lipinski definition) is 3. The third-order valence-corrected chi connectivity index (χ3v) is 3.28. The van der Waals surface area contributed by atoms with Crippen molar-refractivity contribution < 1.29 is 19.8 Å². The Hall–Kier alpha value is -1.60. The number of nitrogens with one attached hydrogen (secondary N) is 2. The van der Waals surface area contributed by atoms with E-state index in [1.54, 1.807) is 6.92 Å². The molecule has 0 fully saturated rings. The molecule has 3 unspecified atom stereocenters. The van der Waals surface area contributed by atoms with Gasteiger partial charge < -0.3 is 20.8 Å². The topological polar surface area (TPSA) is 98.7 Å². The van der Waals surface area contributed by atoms with Gasteiger partial charge in [-0.2, -0.15) is 0 Å². The molecule has 0 bridgehead atoms. The van der Waals surface area contributed by atoms with E-state index in [2.05, 4.69) is 26.6 Å². The Bertz CT molecular complexity index is 476. The second-order valence-electron chi connectivity index (χ2n) is 4.45. The Morgan fingerprint density at radius 3 is 2.15 bits per heavy atom. The molecule has 110 valence electrons. The van der Waals surface area contributed by atoms with Crippen LogP contribution in [-0.2, 0) is 4.79 Å². The molecule has 0 aliphatic rings. The molecule has 0 saturated carbocycles. The second-order valence-corrected chi connectivity index (χ2v) is 5.36. The predicted molar refractivity (Wildman–Crippen MR) is 77.3 cm³/mol. The molecule has 0 heterocycles. The SMILES string of the molecule is CC(NC(=O)NC(C(=O)O)C(C)O)c1ccc(Br)cc1. The predicted octanol–water partition coefficient (Wildman–Crippen LogP) is 1.64. The minimum atomic E-state index is -1.34. The third-order valence-electron chi connectivity index (χ3n) is 2.75. The lowest BCUT2D eigenvalue weighted by molar-refractivity contribution is -0.141. The van der Waals surface area contributed by atoms with Gasteiger partial charge in [0, 0.05) is 4.47 Å². The van der Waals surface area contributed by atoms with E-state index < -0.39 is 24.1 Å². The van der Waals surface area contributed by atoms with Crippen LogP contribution >= 0.6 is 15.9 Å². The zero-order valence-corrected chi connectivity index (χ0v) is 12.7. The number of amides is 2. The van der Waals surface area contributed by atoms with Gasteiger partial charge in [0.25, 0.3) is 0 Å². The molecule has 1 aromatic carbocycles. The maximum Gasteiger partial charge on any atom is 0.328 e. The number of carboxylic acids is 1. The van der Waals surface area contributed by atoms with Crippen LogP contribution in [0.5, 0.6) is 0 Å². The van der Waals surface area contributed by atoms with E-state index in [0.717, 1.165) is 10.0 Å². The molecule has 0 aliphatic heterocycles. The summed E-state index contributed by atoms with van der Waals surface area (Å²) in [6, 6.07) is 5.12. The number of aliphatic hydroxyl groups excluding tert-OH is 1. The number of carboxylic acid groups (broad SMARTS) is 1. The first-order chi connectivity index (χ1) is 9.31. The fraction of sp³-hybridized carbons (Fsp3) is 0.385. The summed E-state index contributed by atoms with van der Waals surface area (Å²) >= 11 is 3.32. The molecule has 0 aliphatic carbocycles. The van der Waals surface area contributed by atoms with Crippen molar-refractivity contribution in [2.75, 3.05) is 0 Å². The number of urea groups is 1. The summed E-state index contributed by atoms with van der Waals surface area (Å²) in [6.45, 7) is 3.08. The van der Waals surface area contributed by atoms with Gasteiger partial charge in [0.1, 0.15) is 0 Å². The molecule has 7 heteroatoms. The van der Waals surface area contributed by atoms with Crippen molar-refractivity contribution in [2.24, 2.45) is 0 Å². The zero-order chi connectivity index (χ0) is 15.3. The fourth-order valence-corrected chi connectivity index (χ4v) is 1.87. The quantitative estimate of drug-likeness (QED) is 0.652. The summed E-state index contributed by atoms with van der Waals surface area (Å²) in [5, 5.41) is 23.0. The van der Waals surface area contributed by atoms with Gasteiger partial charge in [-0.15, -0.1) is 0 Å². The van der Waals surface area contributed by atoms with E-state index >= 15 is 0 Å². The number of benzene rings is 1. The van der Waals surface area contributed by atoms with Crippen LogP contribution < -0.4 is 10.6 Å². The van der Waals surface area contributed by atoms with Gasteiger partial charge in [-0.3, -0.25) is 0 Å². The average Bonchev–Trinajstić information content (AvgIpc) is 2.35. The van der Waals surface area contributed by atoms with Gasteiger partial charge >= 0.3 is 12.0 Å². The number of carbonyl (C=O) groups excluding carboxylic acids is 1. The lowest BCUT2D eigenvalue weighted by Gasteiger charge is -2.20. The standard InChI is InChI=1S/C13H17BrN2O4/c1-7(9-3-5-10(14)6-4-9)15-13(20)16-11(8(2)17)12(18)19/h3-8,11,17H,1-2H3,(H,18,19)(H2,15,16,20). The molecule has 1 rings (SSSR count). The summed E-state index contributed by atoms with van der Waals surface area (Å²) in [7, 11) is 0. The van der Waals surface area contributed by atoms with Crippen LogP contribution in [0.2, 0.25) is 0 Å². The molecule has 0 aromatic heterocycles. The minimum Gasteiger partial charge on any atom is -0.480 e. The van der Waals surface area contributed by atoms with Crippen LogP contribution in [0.4, 0.5) is 4.79 Å². The number of carbonyl (C=O) groups is 2. The van der Waals surface area contributed by atoms with Crippen molar-refractivity contribution in [1.82, 2.24) is 10.6 Å². The zero-order valence-electron chi connectivity index (χ0n) is 11.1. The largest absolute Gasteiger partial charge is 0.480 e. The Morgan fingerprint density at radius 1 is 1.15 bits per heavy atom. The molecule has 6 nitrogen and oxygen atoms in total. The van der Waals surface area contributed by atoms with Crippen LogP contribution in [-0.4, -0.2) is 34.4 Å². The molecular weight excluding hydrogens is 328 g/mol. The monoisotopic (exact) mass is 344 g/mol. The van der Waals surface area contributed by atoms with E-state index in [4.69, 9.17) is 5.11 Å². The van der Waals surface area contributed by atoms with Gasteiger partial charge in [0.15, 0.2) is 6.04 Å². The first-order valence-corrected chi connectivity index (χ1v) is 6.84. The van der Waals surface area contributed by atoms with Crippen molar-refractivity contribution in [3.63, 3.8) is 0 Å². The first-order valence-electron chi connectivity index (χ1n) is 6.04. The molecule has 0 spiro atoms. The molecule has 1 aromatic rings. The van der Waals surface area contributed by atoms with E-state index in [1.807, 2.05) is 24.3 Å². The number of aliphatic hydroxyl groups is 1. The van der Waals surface area contributed by atoms with Crippen LogP contribution in [0.25, 0.3) is 0 Å². The lowest BCUT2D eigenvalue weighted by Crippen LogP contribution is -2.51. The van der Waals surface area contributed by atoms with Gasteiger partial charge in [-0.25, -0.2) is 9.59 Å². The Morgan fingerprint density at radius 2 is 1.70 bits per heavy atom. The number of aliphatic carboxylic acids is 1. The van der Waals surface area contributed by atoms with E-state index in [0.29, 0.717) is 0 Å². The van der Waals surface area contributed by atoms with Crippen molar-refractivity contribution in [3.05, 3.63) is 34.3 Å². The molecule has 3 atom stereocenters. The highest BCUT2D eigenvalue weighted by Gasteiger charge is 2.25. The Balaban J connectivity index is 2.61. The van der Waals surface area contributed by atoms with Gasteiger partial charge in [0.05, 0.1) is 12.1 Å². The summed E-state index contributed by atoms with van der Waals surface area (Å²) < 4.78 is 0.929. The summed E-state index contributed by atoms with van der Waals surface area (Å²) in [6.07, 6.45) is -1.18. The Kier molecular flexibility index (Phi) is 5.97. The number of rotatable bonds is 5. The smallest absolute Gasteiger partial charge is 0.328 e. The lowest BCUT2D eigenvalue weighted by atomic mass is 10.1. The van der Waals surface area contributed by atoms with Crippen molar-refractivity contribution in [1.29, 1.82) is 0 Å². The maximum atomic E-state index is 11.7. The van der Waals surface area contributed by atoms with Gasteiger partial charge in [0.2, 0.25) is 0 Å². The average molecular weight is 345 g/mol. The number of hydrogen-bond donors (Lipinski definition) is 4. The van der Waals surface area contributed by atoms with E-state index in [1.165, 1.54) is 6.92 Å². The van der Waals surface area contributed by atoms with Gasteiger partial charge in [-0.1, -0.05) is 28.1 Å². The summed E-state index contributed by atoms with van der Waals surface area (Å²) in [5.41, 5.74) is 0.882. The molecule has 20 heavy (non-hydrogen) atoms. The molecule has 0 saturated heterocycles. The Labute approximate surface area is 125 Å². The summed E-state index contributed by atoms with van der Waals surface area (Å²) in [4.78, 5) is 22.6. The van der Waals surface area contributed by atoms with Crippen molar-refractivity contribution in [3.8, 4) is 0 Å². The molecule has 2 amide bonds. The van der Waals surface area contributed by atoms with E-state index in [9.17, 15) is 14.7 Å². The highest BCUT2D eigenvalue weighted by atomic mass is 79.9. The highest BCUT2D eigenvalue weighted by Crippen LogP contribution is 2.16. The van der Waals surface area contributed by atoms with Crippen molar-refractivity contribution in [2.45, 2.75) is 32.0 Å². The van der Waals surface area contributed by atoms with Crippen LogP contribution in [0.3, 0.4) is 0 Å². The van der Waals surface area contributed by atoms with Gasteiger partial charge in [-0.05, 0) is 31.5 Å². The second kappa shape index (κ2) is 7.25. The van der Waals surface area contributed by atoms with Crippen molar-refractivity contribution >= 4 is 27.9 Å². The third kappa shape index (κ3) is 4.82. The molecule has 0 radical (unpaired) electrons. The maximum absolute atomic E-state index is 11.7. The van der Waals surface area contributed by atoms with Crippen LogP contribution in [0.15, 0.2) is 28.7 Å². The number of halogens is 1. The fourth-order valence-electron chi connectivity index (χ4n) is 1.60. The summed E-state index contributed by atoms with van der Waals surface area (Å²) in [5.74, 6) is -1.29. The molecular formula is C13H17BrN2O4.